The van der Waals surface area contributed by atoms with E-state index in [2.05, 4.69) is 44.0 Å². The smallest absolute Gasteiger partial charge is 0.0428 e. The van der Waals surface area contributed by atoms with Crippen LogP contribution in [0.5, 0.6) is 0 Å². The normalized spacial score (nSPS) is 12.8. The first kappa shape index (κ1) is 13.6. The van der Waals surface area contributed by atoms with Gasteiger partial charge in [0.05, 0.1) is 0 Å². The molecule has 0 spiro atoms. The minimum absolute atomic E-state index is 0.0681. The molecule has 90 valence electrons. The topological polar surface area (TPSA) is 26.0 Å². The van der Waals surface area contributed by atoms with Gasteiger partial charge in [0.1, 0.15) is 0 Å². The minimum Gasteiger partial charge on any atom is -0.324 e. The van der Waals surface area contributed by atoms with Crippen LogP contribution in [0.25, 0.3) is 10.4 Å². The highest BCUT2D eigenvalue weighted by Crippen LogP contribution is 2.41. The number of thiophene rings is 1. The Morgan fingerprint density at radius 2 is 1.82 bits per heavy atom. The van der Waals surface area contributed by atoms with Gasteiger partial charge in [0.2, 0.25) is 0 Å². The molecule has 0 saturated heterocycles. The Kier molecular flexibility index (Phi) is 4.31. The highest BCUT2D eigenvalue weighted by atomic mass is 79.9. The third-order valence-electron chi connectivity index (χ3n) is 2.33. The molecule has 0 aliphatic rings. The quantitative estimate of drug-likeness (QED) is 0.702. The van der Waals surface area contributed by atoms with Crippen molar-refractivity contribution < 1.29 is 0 Å². The molecule has 5 heteroatoms. The van der Waals surface area contributed by atoms with E-state index < -0.39 is 0 Å². The van der Waals surface area contributed by atoms with Gasteiger partial charge in [0, 0.05) is 35.3 Å². The van der Waals surface area contributed by atoms with Gasteiger partial charge in [-0.3, -0.25) is 0 Å². The fourth-order valence-corrected chi connectivity index (χ4v) is 4.90. The summed E-state index contributed by atoms with van der Waals surface area (Å²) in [4.78, 5) is 2.35. The summed E-state index contributed by atoms with van der Waals surface area (Å²) < 4.78 is 1.96. The van der Waals surface area contributed by atoms with E-state index in [0.29, 0.717) is 5.02 Å². The van der Waals surface area contributed by atoms with Crippen LogP contribution in [-0.4, -0.2) is 0 Å². The lowest BCUT2D eigenvalue weighted by Gasteiger charge is -2.06. The molecule has 1 unspecified atom stereocenters. The van der Waals surface area contributed by atoms with E-state index in [1.54, 1.807) is 11.3 Å². The summed E-state index contributed by atoms with van der Waals surface area (Å²) in [5.74, 6) is 0. The number of rotatable bonds is 2. The first-order valence-corrected chi connectivity index (χ1v) is 7.77. The van der Waals surface area contributed by atoms with E-state index in [4.69, 9.17) is 17.3 Å². The lowest BCUT2D eigenvalue weighted by Crippen LogP contribution is -2.01. The molecule has 2 aromatic rings. The van der Waals surface area contributed by atoms with E-state index in [1.807, 2.05) is 19.1 Å². The molecule has 2 N–H and O–H groups in total. The van der Waals surface area contributed by atoms with Crippen molar-refractivity contribution >= 4 is 54.8 Å². The fraction of sp³-hybridized carbons (Fsp3) is 0.167. The lowest BCUT2D eigenvalue weighted by molar-refractivity contribution is 0.838. The average Bonchev–Trinajstić information content (AvgIpc) is 2.65. The molecule has 0 aliphatic carbocycles. The molecule has 17 heavy (non-hydrogen) atoms. The van der Waals surface area contributed by atoms with Crippen LogP contribution < -0.4 is 5.73 Å². The summed E-state index contributed by atoms with van der Waals surface area (Å²) >= 11 is 14.8. The molecule has 1 aromatic carbocycles. The van der Waals surface area contributed by atoms with Crippen molar-refractivity contribution in [2.24, 2.45) is 5.73 Å². The van der Waals surface area contributed by atoms with Gasteiger partial charge < -0.3 is 5.73 Å². The molecule has 0 aliphatic heterocycles. The second-order valence-electron chi connectivity index (χ2n) is 3.74. The molecule has 2 rings (SSSR count). The number of hydrogen-bond donors (Lipinski definition) is 1. The van der Waals surface area contributed by atoms with Gasteiger partial charge in [0.15, 0.2) is 0 Å². The summed E-state index contributed by atoms with van der Waals surface area (Å²) in [6, 6.07) is 8.01. The number of halogens is 3. The summed E-state index contributed by atoms with van der Waals surface area (Å²) in [5.41, 5.74) is 6.99. The molecular formula is C12H10Br2ClNS. The maximum atomic E-state index is 5.99. The lowest BCUT2D eigenvalue weighted by atomic mass is 10.2. The maximum Gasteiger partial charge on any atom is 0.0428 e. The van der Waals surface area contributed by atoms with Gasteiger partial charge in [-0.1, -0.05) is 43.5 Å². The Bertz CT molecular complexity index is 528. The van der Waals surface area contributed by atoms with E-state index in [1.165, 1.54) is 9.75 Å². The zero-order valence-corrected chi connectivity index (χ0v) is 13.8. The van der Waals surface area contributed by atoms with Crippen LogP contribution >= 0.6 is 54.8 Å². The highest BCUT2D eigenvalue weighted by molar-refractivity contribution is 9.11. The first-order valence-electron chi connectivity index (χ1n) is 4.99. The van der Waals surface area contributed by atoms with Crippen molar-refractivity contribution in [3.05, 3.63) is 43.1 Å². The second kappa shape index (κ2) is 5.41. The molecular weight excluding hydrogens is 385 g/mol. The first-order chi connectivity index (χ1) is 7.99. The van der Waals surface area contributed by atoms with Crippen LogP contribution in [-0.2, 0) is 0 Å². The number of nitrogens with two attached hydrogens (primary N) is 1. The zero-order chi connectivity index (χ0) is 12.6. The van der Waals surface area contributed by atoms with E-state index in [9.17, 15) is 0 Å². The van der Waals surface area contributed by atoms with Crippen LogP contribution in [0.3, 0.4) is 0 Å². The van der Waals surface area contributed by atoms with Gasteiger partial charge in [-0.05, 0) is 31.2 Å². The van der Waals surface area contributed by atoms with Gasteiger partial charge in [-0.2, -0.15) is 0 Å². The van der Waals surface area contributed by atoms with E-state index in [-0.39, 0.29) is 6.04 Å². The largest absolute Gasteiger partial charge is 0.324 e. The van der Waals surface area contributed by atoms with E-state index in [0.717, 1.165) is 14.5 Å². The van der Waals surface area contributed by atoms with Crippen LogP contribution in [0.2, 0.25) is 5.02 Å². The van der Waals surface area contributed by atoms with Crippen LogP contribution in [0.15, 0.2) is 33.2 Å². The third kappa shape index (κ3) is 2.93. The zero-order valence-electron chi connectivity index (χ0n) is 9.01. The molecule has 0 fully saturated rings. The fourth-order valence-electron chi connectivity index (χ4n) is 1.51. The summed E-state index contributed by atoms with van der Waals surface area (Å²) in [7, 11) is 0. The molecule has 0 bridgehead atoms. The van der Waals surface area contributed by atoms with Crippen molar-refractivity contribution in [1.82, 2.24) is 0 Å². The van der Waals surface area contributed by atoms with Gasteiger partial charge in [0.25, 0.3) is 0 Å². The van der Waals surface area contributed by atoms with Crippen molar-refractivity contribution in [2.75, 3.05) is 0 Å². The average molecular weight is 396 g/mol. The molecule has 0 saturated carbocycles. The van der Waals surface area contributed by atoms with Gasteiger partial charge in [-0.25, -0.2) is 0 Å². The Morgan fingerprint density at radius 3 is 2.29 bits per heavy atom. The maximum absolute atomic E-state index is 5.99. The van der Waals surface area contributed by atoms with Crippen molar-refractivity contribution in [3.8, 4) is 10.4 Å². The molecule has 1 aromatic heterocycles. The Hall–Kier alpha value is 0.130. The van der Waals surface area contributed by atoms with Crippen LogP contribution in [0, 0.1) is 0 Å². The SMILES string of the molecule is CC(N)c1ccc(-c2c(Br)cc(Cl)cc2Br)s1. The van der Waals surface area contributed by atoms with Crippen LogP contribution in [0.4, 0.5) is 0 Å². The highest BCUT2D eigenvalue weighted by Gasteiger charge is 2.12. The van der Waals surface area contributed by atoms with Crippen LogP contribution in [0.1, 0.15) is 17.8 Å². The molecule has 1 atom stereocenters. The summed E-state index contributed by atoms with van der Waals surface area (Å²) in [6.45, 7) is 1.99. The predicted octanol–water partition coefficient (Wildman–Crippen LogP) is 5.61. The van der Waals surface area contributed by atoms with Crippen molar-refractivity contribution in [2.45, 2.75) is 13.0 Å². The summed E-state index contributed by atoms with van der Waals surface area (Å²) in [6.07, 6.45) is 0. The number of benzene rings is 1. The van der Waals surface area contributed by atoms with Gasteiger partial charge in [-0.15, -0.1) is 11.3 Å². The number of hydrogen-bond acceptors (Lipinski definition) is 2. The monoisotopic (exact) mass is 393 g/mol. The third-order valence-corrected chi connectivity index (χ3v) is 5.10. The Labute approximate surface area is 126 Å². The van der Waals surface area contributed by atoms with Crippen molar-refractivity contribution in [3.63, 3.8) is 0 Å². The molecule has 1 heterocycles. The molecule has 1 nitrogen and oxygen atoms in total. The molecule has 0 radical (unpaired) electrons. The summed E-state index contributed by atoms with van der Waals surface area (Å²) in [5, 5.41) is 0.705. The Balaban J connectivity index is 2.52. The minimum atomic E-state index is 0.0681. The van der Waals surface area contributed by atoms with E-state index >= 15 is 0 Å². The van der Waals surface area contributed by atoms with Gasteiger partial charge >= 0.3 is 0 Å². The molecule has 0 amide bonds. The van der Waals surface area contributed by atoms with Crippen molar-refractivity contribution in [1.29, 1.82) is 0 Å². The second-order valence-corrected chi connectivity index (χ2v) is 7.00. The predicted molar refractivity (Wildman–Crippen MR) is 82.8 cm³/mol. The standard InChI is InChI=1S/C12H10Br2ClNS/c1-6(16)10-2-3-11(17-10)12-8(13)4-7(15)5-9(12)14/h2-6H,16H2,1H3. The Morgan fingerprint density at radius 1 is 1.24 bits per heavy atom.